The van der Waals surface area contributed by atoms with E-state index < -0.39 is 36.8 Å². The second-order valence-electron chi connectivity index (χ2n) is 6.29. The van der Waals surface area contributed by atoms with Crippen molar-refractivity contribution in [2.24, 2.45) is 0 Å². The van der Waals surface area contributed by atoms with E-state index in [2.05, 4.69) is 15.4 Å². The minimum absolute atomic E-state index is 0.0904. The lowest BCUT2D eigenvalue weighted by Crippen LogP contribution is -2.27. The van der Waals surface area contributed by atoms with Crippen molar-refractivity contribution >= 4 is 23.4 Å². The smallest absolute Gasteiger partial charge is 0.410 e. The number of nitrogens with one attached hydrogen (secondary N) is 1. The molecule has 0 spiro atoms. The number of carboxylic acid groups (broad SMARTS) is 1. The molecule has 0 radical (unpaired) electrons. The van der Waals surface area contributed by atoms with E-state index in [4.69, 9.17) is 5.11 Å². The lowest BCUT2D eigenvalue weighted by Gasteiger charge is -2.25. The maximum atomic E-state index is 14.1. The van der Waals surface area contributed by atoms with Gasteiger partial charge in [-0.2, -0.15) is 4.52 Å². The van der Waals surface area contributed by atoms with Crippen LogP contribution in [0.3, 0.4) is 0 Å². The van der Waals surface area contributed by atoms with Gasteiger partial charge >= 0.3 is 6.09 Å². The van der Waals surface area contributed by atoms with E-state index in [9.17, 15) is 18.0 Å². The van der Waals surface area contributed by atoms with Crippen LogP contribution in [-0.2, 0) is 0 Å². The van der Waals surface area contributed by atoms with Gasteiger partial charge < -0.3 is 10.0 Å². The number of hydrogen-bond acceptors (Lipinski definition) is 4. The molecular formula is C17H14F3N5O2. The molecule has 140 valence electrons. The number of hydrogen-bond donors (Lipinski definition) is 2. The average Bonchev–Trinajstić information content (AvgIpc) is 3.14. The summed E-state index contributed by atoms with van der Waals surface area (Å²) in [5, 5.41) is 15.3. The van der Waals surface area contributed by atoms with Gasteiger partial charge in [0.05, 0.1) is 18.8 Å². The molecule has 0 saturated carbocycles. The van der Waals surface area contributed by atoms with Crippen LogP contribution in [-0.4, -0.2) is 38.3 Å². The minimum Gasteiger partial charge on any atom is -0.465 e. The molecular weight excluding hydrogens is 363 g/mol. The Hall–Kier alpha value is -3.30. The maximum Gasteiger partial charge on any atom is 0.410 e. The molecule has 1 fully saturated rings. The fourth-order valence-corrected chi connectivity index (χ4v) is 3.28. The van der Waals surface area contributed by atoms with E-state index in [0.29, 0.717) is 11.2 Å². The number of alkyl halides is 2. The third kappa shape index (κ3) is 3.25. The van der Waals surface area contributed by atoms with Crippen LogP contribution in [0, 0.1) is 5.82 Å². The van der Waals surface area contributed by atoms with Gasteiger partial charge in [0.25, 0.3) is 5.92 Å². The highest BCUT2D eigenvalue weighted by atomic mass is 19.3. The Balaban J connectivity index is 1.76. The van der Waals surface area contributed by atoms with Crippen molar-refractivity contribution in [3.8, 4) is 0 Å². The Morgan fingerprint density at radius 2 is 2.11 bits per heavy atom. The first kappa shape index (κ1) is 17.1. The van der Waals surface area contributed by atoms with Gasteiger partial charge in [-0.3, -0.25) is 5.32 Å². The molecule has 4 rings (SSSR count). The highest BCUT2D eigenvalue weighted by molar-refractivity contribution is 5.82. The standard InChI is InChI=1S/C17H14F3N5O2/c18-11-3-1-2-10(6-11)12-7-17(19,20)9-24(12)14-5-4-13-21-8-15(22-16(26)27)25(13)23-14/h1-6,8,12,22H,7,9H2,(H,26,27). The number of nitrogens with zero attached hydrogens (tertiary/aromatic N) is 4. The molecule has 1 aromatic carbocycles. The van der Waals surface area contributed by atoms with E-state index in [1.807, 2.05) is 0 Å². The lowest BCUT2D eigenvalue weighted by molar-refractivity contribution is 0.0222. The number of anilines is 2. The maximum absolute atomic E-state index is 14.1. The summed E-state index contributed by atoms with van der Waals surface area (Å²) in [7, 11) is 0. The van der Waals surface area contributed by atoms with Crippen LogP contribution < -0.4 is 10.2 Å². The van der Waals surface area contributed by atoms with E-state index in [0.717, 1.165) is 0 Å². The second-order valence-corrected chi connectivity index (χ2v) is 6.29. The molecule has 1 saturated heterocycles. The van der Waals surface area contributed by atoms with Gasteiger partial charge in [-0.1, -0.05) is 12.1 Å². The van der Waals surface area contributed by atoms with Gasteiger partial charge in [0.1, 0.15) is 11.6 Å². The Morgan fingerprint density at radius 3 is 2.85 bits per heavy atom. The number of fused-ring (bicyclic) bond motifs is 1. The summed E-state index contributed by atoms with van der Waals surface area (Å²) >= 11 is 0. The zero-order valence-electron chi connectivity index (χ0n) is 13.8. The third-order valence-corrected chi connectivity index (χ3v) is 4.38. The first-order chi connectivity index (χ1) is 12.8. The highest BCUT2D eigenvalue weighted by Crippen LogP contribution is 2.43. The molecule has 1 atom stereocenters. The number of amides is 1. The molecule has 1 aliphatic rings. The number of benzene rings is 1. The summed E-state index contributed by atoms with van der Waals surface area (Å²) in [5.74, 6) is -3.17. The Labute approximate surface area is 151 Å². The normalized spacial score (nSPS) is 18.8. The van der Waals surface area contributed by atoms with E-state index in [1.165, 1.54) is 39.9 Å². The number of halogens is 3. The van der Waals surface area contributed by atoms with Crippen LogP contribution in [0.2, 0.25) is 0 Å². The molecule has 3 aromatic rings. The van der Waals surface area contributed by atoms with Crippen molar-refractivity contribution in [3.05, 3.63) is 54.0 Å². The molecule has 7 nitrogen and oxygen atoms in total. The first-order valence-corrected chi connectivity index (χ1v) is 8.07. The molecule has 3 heterocycles. The number of aromatic nitrogens is 3. The summed E-state index contributed by atoms with van der Waals surface area (Å²) in [6.07, 6.45) is -0.488. The molecule has 0 aliphatic carbocycles. The molecule has 1 unspecified atom stereocenters. The monoisotopic (exact) mass is 377 g/mol. The van der Waals surface area contributed by atoms with Crippen molar-refractivity contribution < 1.29 is 23.1 Å². The average molecular weight is 377 g/mol. The van der Waals surface area contributed by atoms with Crippen molar-refractivity contribution in [2.45, 2.75) is 18.4 Å². The van der Waals surface area contributed by atoms with Crippen molar-refractivity contribution in [1.82, 2.24) is 14.6 Å². The predicted octanol–water partition coefficient (Wildman–Crippen LogP) is 3.55. The largest absolute Gasteiger partial charge is 0.465 e. The molecule has 2 aromatic heterocycles. The molecule has 27 heavy (non-hydrogen) atoms. The van der Waals surface area contributed by atoms with Crippen LogP contribution in [0.5, 0.6) is 0 Å². The molecule has 1 amide bonds. The molecule has 2 N–H and O–H groups in total. The van der Waals surface area contributed by atoms with Crippen LogP contribution in [0.15, 0.2) is 42.6 Å². The zero-order valence-corrected chi connectivity index (χ0v) is 13.8. The van der Waals surface area contributed by atoms with Crippen LogP contribution >= 0.6 is 0 Å². The van der Waals surface area contributed by atoms with Gasteiger partial charge in [0, 0.05) is 6.42 Å². The Bertz CT molecular complexity index is 1020. The fourth-order valence-electron chi connectivity index (χ4n) is 3.28. The first-order valence-electron chi connectivity index (χ1n) is 8.07. The SMILES string of the molecule is O=C(O)Nc1cnc2ccc(N3CC(F)(F)CC3c3cccc(F)c3)nn12. The lowest BCUT2D eigenvalue weighted by atomic mass is 10.0. The topological polar surface area (TPSA) is 82.8 Å². The summed E-state index contributed by atoms with van der Waals surface area (Å²) < 4.78 is 43.1. The third-order valence-electron chi connectivity index (χ3n) is 4.38. The van der Waals surface area contributed by atoms with Gasteiger partial charge in [0.2, 0.25) is 0 Å². The van der Waals surface area contributed by atoms with Gasteiger partial charge in [-0.25, -0.2) is 22.9 Å². The summed E-state index contributed by atoms with van der Waals surface area (Å²) in [6, 6.07) is 7.86. The predicted molar refractivity (Wildman–Crippen MR) is 90.7 cm³/mol. The van der Waals surface area contributed by atoms with Gasteiger partial charge in [-0.05, 0) is 29.8 Å². The molecule has 10 heteroatoms. The van der Waals surface area contributed by atoms with Crippen molar-refractivity contribution in [1.29, 1.82) is 0 Å². The van der Waals surface area contributed by atoms with Crippen molar-refractivity contribution in [3.63, 3.8) is 0 Å². The van der Waals surface area contributed by atoms with Gasteiger partial charge in [-0.15, -0.1) is 5.10 Å². The summed E-state index contributed by atoms with van der Waals surface area (Å²) in [4.78, 5) is 16.3. The van der Waals surface area contributed by atoms with Crippen LogP contribution in [0.4, 0.5) is 29.6 Å². The van der Waals surface area contributed by atoms with E-state index >= 15 is 0 Å². The summed E-state index contributed by atoms with van der Waals surface area (Å²) in [5.41, 5.74) is 0.777. The minimum atomic E-state index is -2.97. The quantitative estimate of drug-likeness (QED) is 0.730. The summed E-state index contributed by atoms with van der Waals surface area (Å²) in [6.45, 7) is -0.580. The fraction of sp³-hybridized carbons (Fsp3) is 0.235. The number of rotatable bonds is 3. The Morgan fingerprint density at radius 1 is 1.30 bits per heavy atom. The van der Waals surface area contributed by atoms with Gasteiger partial charge in [0.15, 0.2) is 11.5 Å². The van der Waals surface area contributed by atoms with E-state index in [1.54, 1.807) is 12.1 Å². The molecule has 1 aliphatic heterocycles. The zero-order chi connectivity index (χ0) is 19.2. The molecule has 0 bridgehead atoms. The Kier molecular flexibility index (Phi) is 3.90. The van der Waals surface area contributed by atoms with Crippen LogP contribution in [0.25, 0.3) is 5.65 Å². The van der Waals surface area contributed by atoms with Crippen LogP contribution in [0.1, 0.15) is 18.0 Å². The second kappa shape index (κ2) is 6.15. The van der Waals surface area contributed by atoms with Crippen molar-refractivity contribution in [2.75, 3.05) is 16.8 Å². The number of imidazole rings is 1. The van der Waals surface area contributed by atoms with E-state index in [-0.39, 0.29) is 11.6 Å². The number of carbonyl (C=O) groups is 1. The highest BCUT2D eigenvalue weighted by Gasteiger charge is 2.46.